The number of ether oxygens (including phenoxy) is 2. The summed E-state index contributed by atoms with van der Waals surface area (Å²) in [6.07, 6.45) is 0.772. The maximum absolute atomic E-state index is 11.8. The van der Waals surface area contributed by atoms with Gasteiger partial charge in [-0.15, -0.1) is 0 Å². The number of carbonyl (C=O) groups is 2. The molecule has 2 unspecified atom stereocenters. The Morgan fingerprint density at radius 2 is 2.06 bits per heavy atom. The number of hydrogen-bond donors (Lipinski definition) is 0. The van der Waals surface area contributed by atoms with E-state index in [0.29, 0.717) is 13.0 Å². The number of rotatable bonds is 2. The Hall–Kier alpha value is -1.10. The molecule has 16 heavy (non-hydrogen) atoms. The van der Waals surface area contributed by atoms with Gasteiger partial charge in [-0.3, -0.25) is 4.90 Å². The number of amides is 1. The van der Waals surface area contributed by atoms with Gasteiger partial charge in [0, 0.05) is 13.5 Å². The minimum Gasteiger partial charge on any atom is -0.444 e. The third-order valence-corrected chi connectivity index (χ3v) is 2.42. The molecule has 1 saturated heterocycles. The standard InChI is InChI=1S/C11H19NO4/c1-11(2,3)16-10(14)12-6-9(15-4)5-8(12)7-13/h7-9H,5-6H2,1-4H3. The summed E-state index contributed by atoms with van der Waals surface area (Å²) in [5, 5.41) is 0. The molecule has 1 heterocycles. The van der Waals surface area contributed by atoms with Gasteiger partial charge in [0.05, 0.1) is 18.7 Å². The van der Waals surface area contributed by atoms with Crippen molar-refractivity contribution in [3.05, 3.63) is 0 Å². The molecule has 5 heteroatoms. The van der Waals surface area contributed by atoms with Crippen LogP contribution in [0.1, 0.15) is 27.2 Å². The van der Waals surface area contributed by atoms with Crippen LogP contribution in [0.15, 0.2) is 0 Å². The minimum atomic E-state index is -0.546. The first-order valence-electron chi connectivity index (χ1n) is 5.35. The van der Waals surface area contributed by atoms with Crippen LogP contribution in [0.3, 0.4) is 0 Å². The molecule has 0 N–H and O–H groups in total. The van der Waals surface area contributed by atoms with Gasteiger partial charge in [-0.05, 0) is 20.8 Å². The molecule has 0 spiro atoms. The van der Waals surface area contributed by atoms with Crippen LogP contribution in [0.4, 0.5) is 4.79 Å². The van der Waals surface area contributed by atoms with Gasteiger partial charge < -0.3 is 14.3 Å². The van der Waals surface area contributed by atoms with Crippen molar-refractivity contribution in [2.45, 2.75) is 44.9 Å². The number of hydrogen-bond acceptors (Lipinski definition) is 4. The summed E-state index contributed by atoms with van der Waals surface area (Å²) in [6.45, 7) is 5.80. The second kappa shape index (κ2) is 4.82. The van der Waals surface area contributed by atoms with Crippen LogP contribution >= 0.6 is 0 Å². The Kier molecular flexibility index (Phi) is 3.91. The fraction of sp³-hybridized carbons (Fsp3) is 0.818. The molecule has 1 rings (SSSR count). The minimum absolute atomic E-state index is 0.0808. The molecule has 0 bridgehead atoms. The van der Waals surface area contributed by atoms with E-state index in [0.717, 1.165) is 6.29 Å². The van der Waals surface area contributed by atoms with E-state index >= 15 is 0 Å². The van der Waals surface area contributed by atoms with Crippen molar-refractivity contribution in [1.29, 1.82) is 0 Å². The molecule has 1 fully saturated rings. The Morgan fingerprint density at radius 3 is 2.50 bits per heavy atom. The molecule has 0 aromatic heterocycles. The Balaban J connectivity index is 2.64. The summed E-state index contributed by atoms with van der Waals surface area (Å²) in [7, 11) is 1.57. The number of likely N-dealkylation sites (tertiary alicyclic amines) is 1. The molecule has 1 amide bonds. The molecule has 1 aliphatic heterocycles. The van der Waals surface area contributed by atoms with E-state index in [1.54, 1.807) is 27.9 Å². The highest BCUT2D eigenvalue weighted by Crippen LogP contribution is 2.21. The Bertz CT molecular complexity index is 272. The predicted molar refractivity (Wildman–Crippen MR) is 58.2 cm³/mol. The zero-order chi connectivity index (χ0) is 12.3. The highest BCUT2D eigenvalue weighted by Gasteiger charge is 2.37. The van der Waals surface area contributed by atoms with Crippen LogP contribution in [0.5, 0.6) is 0 Å². The SMILES string of the molecule is COC1CC(C=O)N(C(=O)OC(C)(C)C)C1. The van der Waals surface area contributed by atoms with E-state index in [-0.39, 0.29) is 6.10 Å². The number of aldehydes is 1. The molecular weight excluding hydrogens is 210 g/mol. The summed E-state index contributed by atoms with van der Waals surface area (Å²) >= 11 is 0. The predicted octanol–water partition coefficient (Wildman–Crippen LogP) is 1.21. The summed E-state index contributed by atoms with van der Waals surface area (Å²) < 4.78 is 10.4. The van der Waals surface area contributed by atoms with Gasteiger partial charge in [-0.25, -0.2) is 4.79 Å². The second-order valence-electron chi connectivity index (χ2n) is 4.93. The van der Waals surface area contributed by atoms with Crippen LogP contribution < -0.4 is 0 Å². The lowest BCUT2D eigenvalue weighted by molar-refractivity contribution is -0.111. The molecule has 0 radical (unpaired) electrons. The van der Waals surface area contributed by atoms with E-state index in [2.05, 4.69) is 0 Å². The molecule has 0 aromatic carbocycles. The first-order chi connectivity index (χ1) is 7.37. The number of carbonyl (C=O) groups excluding carboxylic acids is 2. The summed E-state index contributed by atoms with van der Waals surface area (Å²) in [4.78, 5) is 24.0. The maximum atomic E-state index is 11.8. The van der Waals surface area contributed by atoms with Crippen molar-refractivity contribution in [2.24, 2.45) is 0 Å². The third-order valence-electron chi connectivity index (χ3n) is 2.42. The normalized spacial score (nSPS) is 25.6. The first-order valence-corrected chi connectivity index (χ1v) is 5.35. The average Bonchev–Trinajstić information content (AvgIpc) is 2.58. The van der Waals surface area contributed by atoms with Gasteiger partial charge in [-0.2, -0.15) is 0 Å². The molecule has 0 aromatic rings. The zero-order valence-electron chi connectivity index (χ0n) is 10.2. The molecule has 0 aliphatic carbocycles. The van der Waals surface area contributed by atoms with Crippen LogP contribution in [-0.4, -0.2) is 48.7 Å². The van der Waals surface area contributed by atoms with Crippen LogP contribution in [0, 0.1) is 0 Å². The van der Waals surface area contributed by atoms with Crippen molar-refractivity contribution in [3.63, 3.8) is 0 Å². The molecule has 5 nitrogen and oxygen atoms in total. The largest absolute Gasteiger partial charge is 0.444 e. The monoisotopic (exact) mass is 229 g/mol. The van der Waals surface area contributed by atoms with E-state index in [4.69, 9.17) is 9.47 Å². The van der Waals surface area contributed by atoms with Gasteiger partial charge in [0.15, 0.2) is 0 Å². The quantitative estimate of drug-likeness (QED) is 0.668. The van der Waals surface area contributed by atoms with Crippen molar-refractivity contribution >= 4 is 12.4 Å². The lowest BCUT2D eigenvalue weighted by Gasteiger charge is -2.26. The summed E-state index contributed by atoms with van der Waals surface area (Å²) in [5.74, 6) is 0. The smallest absolute Gasteiger partial charge is 0.410 e. The lowest BCUT2D eigenvalue weighted by Crippen LogP contribution is -2.40. The third kappa shape index (κ3) is 3.20. The number of methoxy groups -OCH3 is 1. The van der Waals surface area contributed by atoms with E-state index in [1.165, 1.54) is 4.90 Å². The van der Waals surface area contributed by atoms with Crippen LogP contribution in [0.2, 0.25) is 0 Å². The van der Waals surface area contributed by atoms with Crippen molar-refractivity contribution in [2.75, 3.05) is 13.7 Å². The van der Waals surface area contributed by atoms with Gasteiger partial charge in [0.25, 0.3) is 0 Å². The van der Waals surface area contributed by atoms with E-state index in [1.807, 2.05) is 0 Å². The summed E-state index contributed by atoms with van der Waals surface area (Å²) in [5.41, 5.74) is -0.546. The average molecular weight is 229 g/mol. The first kappa shape index (κ1) is 13.0. The zero-order valence-corrected chi connectivity index (χ0v) is 10.2. The fourth-order valence-corrected chi connectivity index (χ4v) is 1.66. The van der Waals surface area contributed by atoms with Crippen molar-refractivity contribution in [1.82, 2.24) is 4.90 Å². The molecule has 92 valence electrons. The van der Waals surface area contributed by atoms with E-state index in [9.17, 15) is 9.59 Å². The van der Waals surface area contributed by atoms with Crippen molar-refractivity contribution < 1.29 is 19.1 Å². The van der Waals surface area contributed by atoms with E-state index < -0.39 is 17.7 Å². The topological polar surface area (TPSA) is 55.8 Å². The molecule has 0 saturated carbocycles. The fourth-order valence-electron chi connectivity index (χ4n) is 1.66. The Labute approximate surface area is 95.7 Å². The van der Waals surface area contributed by atoms with Gasteiger partial charge in [0.1, 0.15) is 11.9 Å². The Morgan fingerprint density at radius 1 is 1.44 bits per heavy atom. The highest BCUT2D eigenvalue weighted by atomic mass is 16.6. The van der Waals surface area contributed by atoms with Crippen LogP contribution in [-0.2, 0) is 14.3 Å². The lowest BCUT2D eigenvalue weighted by atomic mass is 10.2. The molecular formula is C11H19NO4. The highest BCUT2D eigenvalue weighted by molar-refractivity contribution is 5.74. The summed E-state index contributed by atoms with van der Waals surface area (Å²) in [6, 6.07) is -0.431. The van der Waals surface area contributed by atoms with Crippen LogP contribution in [0.25, 0.3) is 0 Å². The number of nitrogens with zero attached hydrogens (tertiary/aromatic N) is 1. The molecule has 2 atom stereocenters. The van der Waals surface area contributed by atoms with Gasteiger partial charge in [-0.1, -0.05) is 0 Å². The van der Waals surface area contributed by atoms with Crippen molar-refractivity contribution in [3.8, 4) is 0 Å². The van der Waals surface area contributed by atoms with Gasteiger partial charge >= 0.3 is 6.09 Å². The maximum Gasteiger partial charge on any atom is 0.410 e. The second-order valence-corrected chi connectivity index (χ2v) is 4.93. The molecule has 1 aliphatic rings. The van der Waals surface area contributed by atoms with Gasteiger partial charge in [0.2, 0.25) is 0 Å².